The predicted octanol–water partition coefficient (Wildman–Crippen LogP) is 2.59. The van der Waals surface area contributed by atoms with Gasteiger partial charge in [-0.3, -0.25) is 4.68 Å². The highest BCUT2D eigenvalue weighted by atomic mass is 79.9. The zero-order valence-electron chi connectivity index (χ0n) is 9.00. The van der Waals surface area contributed by atoms with Gasteiger partial charge in [0.1, 0.15) is 0 Å². The van der Waals surface area contributed by atoms with Crippen LogP contribution in [0.1, 0.15) is 33.2 Å². The van der Waals surface area contributed by atoms with E-state index < -0.39 is 0 Å². The van der Waals surface area contributed by atoms with Crippen LogP contribution < -0.4 is 5.32 Å². The average molecular weight is 260 g/mol. The summed E-state index contributed by atoms with van der Waals surface area (Å²) in [6.07, 6.45) is 4.95. The van der Waals surface area contributed by atoms with Crippen LogP contribution >= 0.6 is 15.9 Å². The Bertz CT molecular complexity index is 270. The molecule has 0 saturated carbocycles. The molecule has 0 saturated heterocycles. The second-order valence-corrected chi connectivity index (χ2v) is 4.68. The Morgan fingerprint density at radius 2 is 2.29 bits per heavy atom. The van der Waals surface area contributed by atoms with E-state index in [1.165, 1.54) is 0 Å². The van der Waals surface area contributed by atoms with E-state index in [4.69, 9.17) is 0 Å². The van der Waals surface area contributed by atoms with Crippen LogP contribution in [0.3, 0.4) is 0 Å². The van der Waals surface area contributed by atoms with Gasteiger partial charge < -0.3 is 5.32 Å². The molecule has 0 aliphatic carbocycles. The average Bonchev–Trinajstić information content (AvgIpc) is 2.53. The molecule has 1 rings (SSSR count). The standard InChI is InChI=1S/C10H18BrN3/c1-4-10(6-12-8(2)3)14-7-9(11)5-13-14/h5,7-8,10,12H,4,6H2,1-3H3. The molecule has 4 heteroatoms. The van der Waals surface area contributed by atoms with Crippen molar-refractivity contribution < 1.29 is 0 Å². The van der Waals surface area contributed by atoms with Crippen molar-refractivity contribution in [3.8, 4) is 0 Å². The zero-order valence-corrected chi connectivity index (χ0v) is 10.6. The topological polar surface area (TPSA) is 29.9 Å². The van der Waals surface area contributed by atoms with Gasteiger partial charge in [-0.2, -0.15) is 5.10 Å². The van der Waals surface area contributed by atoms with E-state index in [9.17, 15) is 0 Å². The Labute approximate surface area is 94.0 Å². The maximum atomic E-state index is 4.29. The van der Waals surface area contributed by atoms with Crippen LogP contribution in [-0.4, -0.2) is 22.4 Å². The fraction of sp³-hybridized carbons (Fsp3) is 0.700. The van der Waals surface area contributed by atoms with Crippen molar-refractivity contribution in [3.05, 3.63) is 16.9 Å². The molecule has 1 unspecified atom stereocenters. The fourth-order valence-corrected chi connectivity index (χ4v) is 1.61. The van der Waals surface area contributed by atoms with Crippen LogP contribution in [0.4, 0.5) is 0 Å². The molecule has 0 aliphatic rings. The molecule has 0 radical (unpaired) electrons. The van der Waals surface area contributed by atoms with E-state index in [0.717, 1.165) is 17.4 Å². The Morgan fingerprint density at radius 3 is 2.71 bits per heavy atom. The lowest BCUT2D eigenvalue weighted by molar-refractivity contribution is 0.396. The van der Waals surface area contributed by atoms with Crippen molar-refractivity contribution in [2.45, 2.75) is 39.3 Å². The lowest BCUT2D eigenvalue weighted by Gasteiger charge is -2.17. The van der Waals surface area contributed by atoms with Crippen LogP contribution in [0.5, 0.6) is 0 Å². The highest BCUT2D eigenvalue weighted by Crippen LogP contribution is 2.13. The van der Waals surface area contributed by atoms with Crippen LogP contribution in [-0.2, 0) is 0 Å². The van der Waals surface area contributed by atoms with Gasteiger partial charge >= 0.3 is 0 Å². The molecule has 0 spiro atoms. The number of rotatable bonds is 5. The number of halogens is 1. The largest absolute Gasteiger partial charge is 0.312 e. The molecule has 14 heavy (non-hydrogen) atoms. The van der Waals surface area contributed by atoms with E-state index in [2.05, 4.69) is 47.1 Å². The molecule has 1 atom stereocenters. The van der Waals surface area contributed by atoms with Crippen LogP contribution in [0.15, 0.2) is 16.9 Å². The lowest BCUT2D eigenvalue weighted by Crippen LogP contribution is -2.30. The van der Waals surface area contributed by atoms with Crippen LogP contribution in [0.25, 0.3) is 0 Å². The first-order valence-corrected chi connectivity index (χ1v) is 5.85. The van der Waals surface area contributed by atoms with Gasteiger partial charge in [0.25, 0.3) is 0 Å². The molecule has 1 N–H and O–H groups in total. The molecule has 0 aromatic carbocycles. The fourth-order valence-electron chi connectivity index (χ4n) is 1.31. The van der Waals surface area contributed by atoms with Gasteiger partial charge in [-0.25, -0.2) is 0 Å². The molecular formula is C10H18BrN3. The minimum Gasteiger partial charge on any atom is -0.312 e. The van der Waals surface area contributed by atoms with Crippen molar-refractivity contribution in [1.82, 2.24) is 15.1 Å². The minimum atomic E-state index is 0.448. The van der Waals surface area contributed by atoms with Crippen LogP contribution in [0.2, 0.25) is 0 Å². The first-order valence-electron chi connectivity index (χ1n) is 5.06. The first-order chi connectivity index (χ1) is 6.63. The summed E-state index contributed by atoms with van der Waals surface area (Å²) in [6.45, 7) is 7.47. The minimum absolute atomic E-state index is 0.448. The Hall–Kier alpha value is -0.350. The summed E-state index contributed by atoms with van der Waals surface area (Å²) >= 11 is 3.41. The van der Waals surface area contributed by atoms with Crippen molar-refractivity contribution in [2.75, 3.05) is 6.54 Å². The molecule has 0 fully saturated rings. The van der Waals surface area contributed by atoms with Crippen molar-refractivity contribution in [2.24, 2.45) is 0 Å². The third-order valence-corrected chi connectivity index (χ3v) is 2.59. The number of nitrogens with zero attached hydrogens (tertiary/aromatic N) is 2. The molecule has 0 aliphatic heterocycles. The van der Waals surface area contributed by atoms with E-state index in [1.54, 1.807) is 0 Å². The molecule has 80 valence electrons. The summed E-state index contributed by atoms with van der Waals surface area (Å²) in [5, 5.41) is 7.72. The normalized spacial score (nSPS) is 13.5. The van der Waals surface area contributed by atoms with Gasteiger partial charge in [-0.15, -0.1) is 0 Å². The summed E-state index contributed by atoms with van der Waals surface area (Å²) in [5.74, 6) is 0. The smallest absolute Gasteiger partial charge is 0.0641 e. The molecule has 1 aromatic heterocycles. The number of hydrogen-bond donors (Lipinski definition) is 1. The van der Waals surface area contributed by atoms with Gasteiger partial charge in [0.15, 0.2) is 0 Å². The van der Waals surface area contributed by atoms with Crippen LogP contribution in [0, 0.1) is 0 Å². The quantitative estimate of drug-likeness (QED) is 0.881. The SMILES string of the molecule is CCC(CNC(C)C)n1cc(Br)cn1. The van der Waals surface area contributed by atoms with E-state index in [-0.39, 0.29) is 0 Å². The van der Waals surface area contributed by atoms with E-state index in [1.807, 2.05) is 17.1 Å². The highest BCUT2D eigenvalue weighted by Gasteiger charge is 2.09. The molecular weight excluding hydrogens is 242 g/mol. The van der Waals surface area contributed by atoms with E-state index in [0.29, 0.717) is 12.1 Å². The summed E-state index contributed by atoms with van der Waals surface area (Å²) in [5.41, 5.74) is 0. The summed E-state index contributed by atoms with van der Waals surface area (Å²) in [6, 6.07) is 0.978. The molecule has 1 heterocycles. The van der Waals surface area contributed by atoms with Gasteiger partial charge in [0.05, 0.1) is 16.7 Å². The molecule has 1 aromatic rings. The number of aromatic nitrogens is 2. The highest BCUT2D eigenvalue weighted by molar-refractivity contribution is 9.10. The summed E-state index contributed by atoms with van der Waals surface area (Å²) < 4.78 is 3.06. The summed E-state index contributed by atoms with van der Waals surface area (Å²) in [4.78, 5) is 0. The third kappa shape index (κ3) is 3.42. The first kappa shape index (κ1) is 11.7. The Balaban J connectivity index is 2.54. The van der Waals surface area contributed by atoms with Gasteiger partial charge in [0, 0.05) is 18.8 Å². The number of nitrogens with one attached hydrogen (secondary N) is 1. The lowest BCUT2D eigenvalue weighted by atomic mass is 10.2. The van der Waals surface area contributed by atoms with Gasteiger partial charge in [0.2, 0.25) is 0 Å². The van der Waals surface area contributed by atoms with Crippen molar-refractivity contribution in [3.63, 3.8) is 0 Å². The summed E-state index contributed by atoms with van der Waals surface area (Å²) in [7, 11) is 0. The molecule has 0 bridgehead atoms. The maximum absolute atomic E-state index is 4.29. The second kappa shape index (κ2) is 5.51. The van der Waals surface area contributed by atoms with Crippen molar-refractivity contribution in [1.29, 1.82) is 0 Å². The van der Waals surface area contributed by atoms with Gasteiger partial charge in [-0.1, -0.05) is 20.8 Å². The van der Waals surface area contributed by atoms with Gasteiger partial charge in [-0.05, 0) is 22.4 Å². The Morgan fingerprint density at radius 1 is 1.57 bits per heavy atom. The Kier molecular flexibility index (Phi) is 4.62. The molecule has 3 nitrogen and oxygen atoms in total. The molecule has 0 amide bonds. The van der Waals surface area contributed by atoms with E-state index >= 15 is 0 Å². The number of hydrogen-bond acceptors (Lipinski definition) is 2. The second-order valence-electron chi connectivity index (χ2n) is 3.76. The zero-order chi connectivity index (χ0) is 10.6. The monoisotopic (exact) mass is 259 g/mol. The third-order valence-electron chi connectivity index (χ3n) is 2.18. The van der Waals surface area contributed by atoms with Crippen molar-refractivity contribution >= 4 is 15.9 Å². The predicted molar refractivity (Wildman–Crippen MR) is 62.4 cm³/mol. The maximum Gasteiger partial charge on any atom is 0.0641 e.